The van der Waals surface area contributed by atoms with Crippen LogP contribution < -0.4 is 0 Å². The van der Waals surface area contributed by atoms with Crippen LogP contribution in [-0.4, -0.2) is 74.4 Å². The summed E-state index contributed by atoms with van der Waals surface area (Å²) >= 11 is 0. The minimum absolute atomic E-state index is 0.205. The first-order chi connectivity index (χ1) is 20.4. The number of hydrogen-bond donors (Lipinski definition) is 0. The van der Waals surface area contributed by atoms with Gasteiger partial charge in [0.15, 0.2) is 0 Å². The van der Waals surface area contributed by atoms with Gasteiger partial charge in [0.2, 0.25) is 0 Å². The van der Waals surface area contributed by atoms with Crippen LogP contribution in [0, 0.1) is 5.92 Å². The first kappa shape index (κ1) is 43.4. The summed E-state index contributed by atoms with van der Waals surface area (Å²) in [7, 11) is 11.3. The standard InChI is InChI=1S/C20H40O4.C14H30O4/c1-6-8-10-11-12-13-15-19(20(21-3,22-4)23-5)16-14-18-24-17-9-7-2;1-6-7-8-9-10-11-12-13(15-2)14(16-3,17-4)18-5/h9,17,19H,6-8,10-16,18H2,1-5H3;13H,6-12H2,1-5H3. The summed E-state index contributed by atoms with van der Waals surface area (Å²) in [6, 6.07) is 0. The maximum absolute atomic E-state index is 5.59. The summed E-state index contributed by atoms with van der Waals surface area (Å²) in [5.41, 5.74) is 0. The largest absolute Gasteiger partial charge is 0.502 e. The molecule has 2 atom stereocenters. The highest BCUT2D eigenvalue weighted by molar-refractivity contribution is 4.74. The lowest BCUT2D eigenvalue weighted by molar-refractivity contribution is -0.392. The van der Waals surface area contributed by atoms with Gasteiger partial charge in [0, 0.05) is 55.7 Å². The lowest BCUT2D eigenvalue weighted by Gasteiger charge is -2.36. The lowest BCUT2D eigenvalue weighted by atomic mass is 9.93. The Labute approximate surface area is 260 Å². The molecule has 8 nitrogen and oxygen atoms in total. The molecule has 0 aromatic rings. The van der Waals surface area contributed by atoms with E-state index in [2.05, 4.69) is 20.8 Å². The minimum Gasteiger partial charge on any atom is -0.502 e. The molecule has 0 bridgehead atoms. The van der Waals surface area contributed by atoms with E-state index in [9.17, 15) is 0 Å². The van der Waals surface area contributed by atoms with E-state index in [1.54, 1.807) is 56.0 Å². The third kappa shape index (κ3) is 18.8. The van der Waals surface area contributed by atoms with Crippen molar-refractivity contribution in [1.82, 2.24) is 0 Å². The van der Waals surface area contributed by atoms with Crippen molar-refractivity contribution in [3.05, 3.63) is 12.3 Å². The van der Waals surface area contributed by atoms with Gasteiger partial charge in [-0.2, -0.15) is 0 Å². The second kappa shape index (κ2) is 30.3. The summed E-state index contributed by atoms with van der Waals surface area (Å²) in [6.07, 6.45) is 23.7. The smallest absolute Gasteiger partial charge is 0.310 e. The van der Waals surface area contributed by atoms with Crippen molar-refractivity contribution in [1.29, 1.82) is 0 Å². The maximum atomic E-state index is 5.59. The SMILES string of the molecule is CCC=COCCCC(CCCCCCCC)C(OC)(OC)OC.CCCCCCCCC(OC)C(OC)(OC)OC. The number of ether oxygens (including phenoxy) is 8. The summed E-state index contributed by atoms with van der Waals surface area (Å²) in [5, 5.41) is 0. The molecule has 42 heavy (non-hydrogen) atoms. The minimum atomic E-state index is -1.09. The van der Waals surface area contributed by atoms with Crippen molar-refractivity contribution in [3.63, 3.8) is 0 Å². The van der Waals surface area contributed by atoms with Crippen LogP contribution in [0.25, 0.3) is 0 Å². The summed E-state index contributed by atoms with van der Waals surface area (Å²) in [5.74, 6) is -1.82. The van der Waals surface area contributed by atoms with Crippen LogP contribution in [0.15, 0.2) is 12.3 Å². The zero-order valence-corrected chi connectivity index (χ0v) is 29.3. The molecule has 0 fully saturated rings. The van der Waals surface area contributed by atoms with Gasteiger partial charge >= 0.3 is 5.97 Å². The van der Waals surface area contributed by atoms with Crippen molar-refractivity contribution in [2.24, 2.45) is 5.92 Å². The molecule has 0 aliphatic heterocycles. The van der Waals surface area contributed by atoms with Gasteiger partial charge < -0.3 is 37.9 Å². The fourth-order valence-corrected chi connectivity index (χ4v) is 5.26. The monoisotopic (exact) mass is 607 g/mol. The normalized spacial score (nSPS) is 13.7. The van der Waals surface area contributed by atoms with E-state index in [4.69, 9.17) is 37.9 Å². The van der Waals surface area contributed by atoms with Gasteiger partial charge in [0.05, 0.1) is 12.9 Å². The quantitative estimate of drug-likeness (QED) is 0.0474. The highest BCUT2D eigenvalue weighted by atomic mass is 16.9. The summed E-state index contributed by atoms with van der Waals surface area (Å²) in [6.45, 7) is 7.29. The van der Waals surface area contributed by atoms with Crippen LogP contribution in [0.4, 0.5) is 0 Å². The Hall–Kier alpha value is -0.740. The molecule has 254 valence electrons. The third-order valence-corrected chi connectivity index (χ3v) is 7.85. The Morgan fingerprint density at radius 2 is 0.929 bits per heavy atom. The molecule has 0 amide bonds. The maximum Gasteiger partial charge on any atom is 0.310 e. The fourth-order valence-electron chi connectivity index (χ4n) is 5.26. The number of hydrogen-bond acceptors (Lipinski definition) is 8. The number of allylic oxidation sites excluding steroid dienone is 1. The number of unbranched alkanes of at least 4 members (excludes halogenated alkanes) is 10. The summed E-state index contributed by atoms with van der Waals surface area (Å²) < 4.78 is 43.7. The lowest BCUT2D eigenvalue weighted by Crippen LogP contribution is -2.48. The predicted molar refractivity (Wildman–Crippen MR) is 172 cm³/mol. The Bertz CT molecular complexity index is 547. The van der Waals surface area contributed by atoms with E-state index in [0.29, 0.717) is 0 Å². The predicted octanol–water partition coefficient (Wildman–Crippen LogP) is 9.01. The molecular formula is C34H70O8. The molecule has 0 N–H and O–H groups in total. The van der Waals surface area contributed by atoms with E-state index < -0.39 is 11.9 Å². The van der Waals surface area contributed by atoms with Gasteiger partial charge in [-0.05, 0) is 32.1 Å². The van der Waals surface area contributed by atoms with Crippen LogP contribution in [0.1, 0.15) is 130 Å². The van der Waals surface area contributed by atoms with Crippen LogP contribution in [0.5, 0.6) is 0 Å². The molecule has 0 heterocycles. The van der Waals surface area contributed by atoms with E-state index in [0.717, 1.165) is 45.1 Å². The van der Waals surface area contributed by atoms with Crippen molar-refractivity contribution in [3.8, 4) is 0 Å². The first-order valence-electron chi connectivity index (χ1n) is 16.5. The van der Waals surface area contributed by atoms with Gasteiger partial charge in [-0.15, -0.1) is 0 Å². The molecule has 0 aliphatic rings. The van der Waals surface area contributed by atoms with Crippen molar-refractivity contribution >= 4 is 0 Å². The molecule has 0 saturated heterocycles. The van der Waals surface area contributed by atoms with Crippen LogP contribution >= 0.6 is 0 Å². The van der Waals surface area contributed by atoms with E-state index >= 15 is 0 Å². The Kier molecular flexibility index (Phi) is 31.3. The third-order valence-electron chi connectivity index (χ3n) is 7.85. The molecule has 0 spiro atoms. The Morgan fingerprint density at radius 1 is 0.500 bits per heavy atom. The molecule has 8 heteroatoms. The average Bonchev–Trinajstić information content (AvgIpc) is 3.03. The van der Waals surface area contributed by atoms with Gasteiger partial charge in [-0.3, -0.25) is 0 Å². The average molecular weight is 607 g/mol. The van der Waals surface area contributed by atoms with Crippen molar-refractivity contribution in [2.45, 2.75) is 148 Å². The van der Waals surface area contributed by atoms with Crippen molar-refractivity contribution < 1.29 is 37.9 Å². The van der Waals surface area contributed by atoms with Crippen LogP contribution in [-0.2, 0) is 37.9 Å². The number of methoxy groups -OCH3 is 7. The fraction of sp³-hybridized carbons (Fsp3) is 0.941. The molecule has 0 rings (SSSR count). The van der Waals surface area contributed by atoms with Gasteiger partial charge in [0.25, 0.3) is 5.97 Å². The zero-order valence-electron chi connectivity index (χ0n) is 29.3. The van der Waals surface area contributed by atoms with Gasteiger partial charge in [0.1, 0.15) is 6.10 Å². The second-order valence-electron chi connectivity index (χ2n) is 10.8. The van der Waals surface area contributed by atoms with Crippen LogP contribution in [0.3, 0.4) is 0 Å². The van der Waals surface area contributed by atoms with Gasteiger partial charge in [-0.1, -0.05) is 104 Å². The van der Waals surface area contributed by atoms with E-state index in [1.807, 2.05) is 6.08 Å². The van der Waals surface area contributed by atoms with E-state index in [1.165, 1.54) is 70.6 Å². The molecule has 2 unspecified atom stereocenters. The second-order valence-corrected chi connectivity index (χ2v) is 10.8. The highest BCUT2D eigenvalue weighted by Gasteiger charge is 2.40. The van der Waals surface area contributed by atoms with Crippen molar-refractivity contribution in [2.75, 3.05) is 56.4 Å². The zero-order chi connectivity index (χ0) is 32.0. The summed E-state index contributed by atoms with van der Waals surface area (Å²) in [4.78, 5) is 0. The highest BCUT2D eigenvalue weighted by Crippen LogP contribution is 2.32. The molecule has 0 aliphatic carbocycles. The Balaban J connectivity index is 0. The molecule has 0 saturated carbocycles. The topological polar surface area (TPSA) is 73.8 Å². The first-order valence-corrected chi connectivity index (χ1v) is 16.5. The molecule has 0 aromatic carbocycles. The number of rotatable bonds is 29. The van der Waals surface area contributed by atoms with Gasteiger partial charge in [-0.25, -0.2) is 0 Å². The molecule has 0 aromatic heterocycles. The van der Waals surface area contributed by atoms with Crippen LogP contribution in [0.2, 0.25) is 0 Å². The molecular weight excluding hydrogens is 536 g/mol. The van der Waals surface area contributed by atoms with E-state index in [-0.39, 0.29) is 12.0 Å². The Morgan fingerprint density at radius 3 is 1.36 bits per heavy atom. The molecule has 0 radical (unpaired) electrons.